The summed E-state index contributed by atoms with van der Waals surface area (Å²) in [5.74, 6) is 1.07. The van der Waals surface area contributed by atoms with Crippen molar-refractivity contribution in [1.82, 2.24) is 9.88 Å². The average molecular weight is 234 g/mol. The molecule has 1 aliphatic rings. The van der Waals surface area contributed by atoms with Crippen LogP contribution in [-0.2, 0) is 4.79 Å². The lowest BCUT2D eigenvalue weighted by Gasteiger charge is -2.15. The summed E-state index contributed by atoms with van der Waals surface area (Å²) >= 11 is 0. The highest BCUT2D eigenvalue weighted by Gasteiger charge is 2.18. The molecule has 4 heteroatoms. The number of hydrogen-bond donors (Lipinski definition) is 0. The van der Waals surface area contributed by atoms with Gasteiger partial charge in [-0.15, -0.1) is 0 Å². The number of likely N-dealkylation sites (tertiary alicyclic amines) is 1. The quantitative estimate of drug-likeness (QED) is 0.729. The van der Waals surface area contributed by atoms with Crippen LogP contribution >= 0.6 is 0 Å². The Morgan fingerprint density at radius 1 is 1.47 bits per heavy atom. The van der Waals surface area contributed by atoms with E-state index in [2.05, 4.69) is 4.98 Å². The minimum atomic E-state index is 0.280. The molecule has 4 nitrogen and oxygen atoms in total. The van der Waals surface area contributed by atoms with Crippen LogP contribution in [0.2, 0.25) is 0 Å². The smallest absolute Gasteiger partial charge is 0.222 e. The van der Waals surface area contributed by atoms with Gasteiger partial charge in [0.05, 0.1) is 12.8 Å². The van der Waals surface area contributed by atoms with Crippen LogP contribution in [0, 0.1) is 6.92 Å². The predicted octanol–water partition coefficient (Wildman–Crippen LogP) is 1.78. The number of aryl methyl sites for hydroxylation is 1. The largest absolute Gasteiger partial charge is 0.492 e. The fraction of sp³-hybridized carbons (Fsp3) is 0.538. The van der Waals surface area contributed by atoms with Crippen LogP contribution in [0.4, 0.5) is 0 Å². The third kappa shape index (κ3) is 3.44. The second-order valence-corrected chi connectivity index (χ2v) is 4.32. The molecule has 0 saturated carbocycles. The highest BCUT2D eigenvalue weighted by Crippen LogP contribution is 2.11. The van der Waals surface area contributed by atoms with Crippen molar-refractivity contribution in [3.05, 3.63) is 24.0 Å². The molecule has 1 aromatic heterocycles. The maximum absolute atomic E-state index is 11.4. The normalized spacial score (nSPS) is 15.4. The van der Waals surface area contributed by atoms with Gasteiger partial charge in [0, 0.05) is 25.2 Å². The number of hydrogen-bond acceptors (Lipinski definition) is 3. The van der Waals surface area contributed by atoms with Gasteiger partial charge in [0.15, 0.2) is 0 Å². The molecule has 0 atom stereocenters. The Kier molecular flexibility index (Phi) is 3.96. The van der Waals surface area contributed by atoms with Crippen LogP contribution in [0.5, 0.6) is 5.75 Å². The Morgan fingerprint density at radius 3 is 3.00 bits per heavy atom. The fourth-order valence-corrected chi connectivity index (χ4v) is 1.93. The van der Waals surface area contributed by atoms with Crippen molar-refractivity contribution >= 4 is 5.91 Å². The van der Waals surface area contributed by atoms with Crippen molar-refractivity contribution in [1.29, 1.82) is 0 Å². The second-order valence-electron chi connectivity index (χ2n) is 4.32. The first-order valence-electron chi connectivity index (χ1n) is 6.09. The zero-order valence-electron chi connectivity index (χ0n) is 10.2. The number of carbonyl (C=O) groups excluding carboxylic acids is 1. The number of aromatic nitrogens is 1. The molecule has 0 unspecified atom stereocenters. The molecule has 1 amide bonds. The third-order valence-electron chi connectivity index (χ3n) is 2.90. The molecule has 17 heavy (non-hydrogen) atoms. The molecule has 0 bridgehead atoms. The standard InChI is InChI=1S/C13H18N2O2/c1-11-5-6-12(10-14-11)17-9-3-8-15-7-2-4-13(15)16/h5-6,10H,2-4,7-9H2,1H3. The number of pyridine rings is 1. The summed E-state index contributed by atoms with van der Waals surface area (Å²) in [7, 11) is 0. The Morgan fingerprint density at radius 2 is 2.35 bits per heavy atom. The van der Waals surface area contributed by atoms with Crippen molar-refractivity contribution in [2.24, 2.45) is 0 Å². The number of nitrogens with zero attached hydrogens (tertiary/aromatic N) is 2. The number of carbonyl (C=O) groups is 1. The number of rotatable bonds is 5. The van der Waals surface area contributed by atoms with Crippen LogP contribution in [0.1, 0.15) is 25.0 Å². The Hall–Kier alpha value is -1.58. The van der Waals surface area contributed by atoms with E-state index >= 15 is 0 Å². The van der Waals surface area contributed by atoms with Gasteiger partial charge in [-0.05, 0) is 31.9 Å². The van der Waals surface area contributed by atoms with E-state index in [9.17, 15) is 4.79 Å². The minimum absolute atomic E-state index is 0.280. The van der Waals surface area contributed by atoms with Crippen LogP contribution in [0.3, 0.4) is 0 Å². The lowest BCUT2D eigenvalue weighted by atomic mass is 10.3. The summed E-state index contributed by atoms with van der Waals surface area (Å²) in [5, 5.41) is 0. The van der Waals surface area contributed by atoms with Crippen LogP contribution in [0.15, 0.2) is 18.3 Å². The van der Waals surface area contributed by atoms with E-state index in [1.807, 2.05) is 24.0 Å². The first kappa shape index (κ1) is 11.9. The highest BCUT2D eigenvalue weighted by molar-refractivity contribution is 5.77. The Bertz CT molecular complexity index is 376. The van der Waals surface area contributed by atoms with Crippen molar-refractivity contribution < 1.29 is 9.53 Å². The zero-order chi connectivity index (χ0) is 12.1. The maximum atomic E-state index is 11.4. The maximum Gasteiger partial charge on any atom is 0.222 e. The van der Waals surface area contributed by atoms with Gasteiger partial charge in [-0.25, -0.2) is 0 Å². The van der Waals surface area contributed by atoms with Gasteiger partial charge in [-0.2, -0.15) is 0 Å². The molecule has 1 aromatic rings. The first-order chi connectivity index (χ1) is 8.25. The summed E-state index contributed by atoms with van der Waals surface area (Å²) in [5.41, 5.74) is 0.986. The topological polar surface area (TPSA) is 42.4 Å². The fourth-order valence-electron chi connectivity index (χ4n) is 1.93. The van der Waals surface area contributed by atoms with Crippen molar-refractivity contribution in [2.75, 3.05) is 19.7 Å². The summed E-state index contributed by atoms with van der Waals surface area (Å²) in [4.78, 5) is 17.4. The predicted molar refractivity (Wildman–Crippen MR) is 64.9 cm³/mol. The second kappa shape index (κ2) is 5.66. The Labute approximate surface area is 102 Å². The zero-order valence-corrected chi connectivity index (χ0v) is 10.2. The van der Waals surface area contributed by atoms with E-state index in [4.69, 9.17) is 4.74 Å². The van der Waals surface area contributed by atoms with Gasteiger partial charge in [-0.3, -0.25) is 9.78 Å². The lowest BCUT2D eigenvalue weighted by molar-refractivity contribution is -0.127. The SMILES string of the molecule is Cc1ccc(OCCCN2CCCC2=O)cn1. The molecule has 2 heterocycles. The molecule has 1 aliphatic heterocycles. The van der Waals surface area contributed by atoms with Gasteiger partial charge < -0.3 is 9.64 Å². The van der Waals surface area contributed by atoms with Crippen LogP contribution in [-0.4, -0.2) is 35.5 Å². The van der Waals surface area contributed by atoms with Gasteiger partial charge in [0.2, 0.25) is 5.91 Å². The first-order valence-corrected chi connectivity index (χ1v) is 6.09. The molecular formula is C13H18N2O2. The summed E-state index contributed by atoms with van der Waals surface area (Å²) in [6.45, 7) is 4.29. The Balaban J connectivity index is 1.66. The molecule has 0 aliphatic carbocycles. The van der Waals surface area contributed by atoms with E-state index in [0.717, 1.165) is 37.4 Å². The highest BCUT2D eigenvalue weighted by atomic mass is 16.5. The summed E-state index contributed by atoms with van der Waals surface area (Å²) in [6, 6.07) is 3.85. The molecule has 2 rings (SSSR count). The van der Waals surface area contributed by atoms with Crippen molar-refractivity contribution in [2.45, 2.75) is 26.2 Å². The third-order valence-corrected chi connectivity index (χ3v) is 2.90. The molecule has 92 valence electrons. The molecular weight excluding hydrogens is 216 g/mol. The molecule has 1 fully saturated rings. The van der Waals surface area contributed by atoms with E-state index in [1.165, 1.54) is 0 Å². The molecule has 0 aromatic carbocycles. The average Bonchev–Trinajstić information content (AvgIpc) is 2.73. The van der Waals surface area contributed by atoms with Crippen molar-refractivity contribution in [3.63, 3.8) is 0 Å². The molecule has 0 radical (unpaired) electrons. The molecule has 1 saturated heterocycles. The lowest BCUT2D eigenvalue weighted by Crippen LogP contribution is -2.26. The van der Waals surface area contributed by atoms with E-state index in [-0.39, 0.29) is 5.91 Å². The van der Waals surface area contributed by atoms with E-state index in [1.54, 1.807) is 6.20 Å². The van der Waals surface area contributed by atoms with E-state index in [0.29, 0.717) is 13.0 Å². The van der Waals surface area contributed by atoms with Gasteiger partial charge in [0.1, 0.15) is 5.75 Å². The van der Waals surface area contributed by atoms with Crippen LogP contribution in [0.25, 0.3) is 0 Å². The minimum Gasteiger partial charge on any atom is -0.492 e. The van der Waals surface area contributed by atoms with Crippen molar-refractivity contribution in [3.8, 4) is 5.75 Å². The molecule has 0 spiro atoms. The number of ether oxygens (including phenoxy) is 1. The van der Waals surface area contributed by atoms with Crippen LogP contribution < -0.4 is 4.74 Å². The van der Waals surface area contributed by atoms with Gasteiger partial charge >= 0.3 is 0 Å². The van der Waals surface area contributed by atoms with Gasteiger partial charge in [0.25, 0.3) is 0 Å². The summed E-state index contributed by atoms with van der Waals surface area (Å²) < 4.78 is 5.56. The number of amides is 1. The van der Waals surface area contributed by atoms with E-state index < -0.39 is 0 Å². The monoisotopic (exact) mass is 234 g/mol. The molecule has 0 N–H and O–H groups in total. The summed E-state index contributed by atoms with van der Waals surface area (Å²) in [6.07, 6.45) is 4.32. The van der Waals surface area contributed by atoms with Gasteiger partial charge in [-0.1, -0.05) is 0 Å².